The summed E-state index contributed by atoms with van der Waals surface area (Å²) in [5.41, 5.74) is 7.26. The summed E-state index contributed by atoms with van der Waals surface area (Å²) < 4.78 is 10.7. The van der Waals surface area contributed by atoms with Crippen LogP contribution in [0.25, 0.3) is 16.7 Å². The van der Waals surface area contributed by atoms with Crippen LogP contribution in [0.4, 0.5) is 5.69 Å². The van der Waals surface area contributed by atoms with Crippen molar-refractivity contribution < 1.29 is 9.15 Å². The van der Waals surface area contributed by atoms with Crippen molar-refractivity contribution in [3.8, 4) is 16.9 Å². The van der Waals surface area contributed by atoms with E-state index < -0.39 is 0 Å². The second-order valence-corrected chi connectivity index (χ2v) is 8.59. The zero-order valence-electron chi connectivity index (χ0n) is 16.5. The molecule has 1 aromatic heterocycles. The van der Waals surface area contributed by atoms with E-state index in [4.69, 9.17) is 9.15 Å². The molecule has 0 atom stereocenters. The van der Waals surface area contributed by atoms with Gasteiger partial charge in [-0.25, -0.2) is 0 Å². The molecule has 144 valence electrons. The Hall–Kier alpha value is -2.59. The number of ether oxygens (including phenoxy) is 1. The molecule has 2 heterocycles. The van der Waals surface area contributed by atoms with Crippen molar-refractivity contribution in [2.75, 3.05) is 18.2 Å². The van der Waals surface area contributed by atoms with Gasteiger partial charge in [0.05, 0.1) is 25.2 Å². The summed E-state index contributed by atoms with van der Waals surface area (Å²) in [5.74, 6) is 2.80. The number of anilines is 1. The van der Waals surface area contributed by atoms with Gasteiger partial charge < -0.3 is 14.5 Å². The predicted octanol–water partition coefficient (Wildman–Crippen LogP) is 6.48. The van der Waals surface area contributed by atoms with Gasteiger partial charge in [-0.1, -0.05) is 30.3 Å². The molecule has 4 rings (SSSR count). The smallest absolute Gasteiger partial charge is 0.126 e. The molecule has 28 heavy (non-hydrogen) atoms. The number of benzene rings is 2. The Kier molecular flexibility index (Phi) is 5.23. The number of hydrogen-bond acceptors (Lipinski definition) is 4. The molecule has 1 aliphatic heterocycles. The standard InChI is InChI=1S/C24H25NO2S/c1-24(2)13-19(16-28-15-17-10-11-27-14-17)21-12-18(8-9-22(21)25-24)20-6-4-5-7-23(20)26-3/h4-14,25H,15-16H2,1-3H3. The van der Waals surface area contributed by atoms with Crippen LogP contribution in [0.2, 0.25) is 0 Å². The van der Waals surface area contributed by atoms with E-state index in [0.29, 0.717) is 0 Å². The Morgan fingerprint density at radius 3 is 2.68 bits per heavy atom. The summed E-state index contributed by atoms with van der Waals surface area (Å²) in [7, 11) is 1.72. The van der Waals surface area contributed by atoms with Crippen molar-refractivity contribution in [1.82, 2.24) is 0 Å². The molecule has 2 aromatic carbocycles. The maximum absolute atomic E-state index is 5.57. The fourth-order valence-electron chi connectivity index (χ4n) is 3.64. The van der Waals surface area contributed by atoms with Crippen LogP contribution in [-0.4, -0.2) is 18.4 Å². The lowest BCUT2D eigenvalue weighted by Gasteiger charge is -2.32. The Bertz CT molecular complexity index is 990. The van der Waals surface area contributed by atoms with Crippen LogP contribution >= 0.6 is 11.8 Å². The summed E-state index contributed by atoms with van der Waals surface area (Å²) >= 11 is 1.91. The molecule has 3 nitrogen and oxygen atoms in total. The number of furan rings is 1. The first-order valence-electron chi connectivity index (χ1n) is 9.42. The average Bonchev–Trinajstić information content (AvgIpc) is 3.20. The minimum atomic E-state index is -0.0650. The van der Waals surface area contributed by atoms with Gasteiger partial charge in [0.1, 0.15) is 5.75 Å². The van der Waals surface area contributed by atoms with Crippen LogP contribution in [0.15, 0.2) is 71.6 Å². The molecule has 0 bridgehead atoms. The van der Waals surface area contributed by atoms with Crippen molar-refractivity contribution >= 4 is 23.0 Å². The number of hydrogen-bond donors (Lipinski definition) is 1. The number of rotatable bonds is 6. The van der Waals surface area contributed by atoms with Crippen molar-refractivity contribution in [2.24, 2.45) is 0 Å². The van der Waals surface area contributed by atoms with Crippen molar-refractivity contribution in [3.05, 3.63) is 78.3 Å². The lowest BCUT2D eigenvalue weighted by atomic mass is 9.89. The summed E-state index contributed by atoms with van der Waals surface area (Å²) in [6, 6.07) is 16.8. The minimum Gasteiger partial charge on any atom is -0.496 e. The lowest BCUT2D eigenvalue weighted by Crippen LogP contribution is -2.32. The Labute approximate surface area is 170 Å². The molecule has 0 unspecified atom stereocenters. The minimum absolute atomic E-state index is 0.0650. The Morgan fingerprint density at radius 1 is 1.04 bits per heavy atom. The molecule has 0 fully saturated rings. The van der Waals surface area contributed by atoms with Crippen molar-refractivity contribution in [2.45, 2.75) is 25.1 Å². The maximum Gasteiger partial charge on any atom is 0.126 e. The first-order valence-corrected chi connectivity index (χ1v) is 10.6. The van der Waals surface area contributed by atoms with Crippen LogP contribution in [0.3, 0.4) is 0 Å². The number of nitrogens with one attached hydrogen (secondary N) is 1. The zero-order chi connectivity index (χ0) is 19.6. The Morgan fingerprint density at radius 2 is 1.89 bits per heavy atom. The molecule has 0 amide bonds. The zero-order valence-corrected chi connectivity index (χ0v) is 17.3. The molecule has 0 radical (unpaired) electrons. The molecule has 4 heteroatoms. The van der Waals surface area contributed by atoms with Crippen LogP contribution in [0.1, 0.15) is 25.0 Å². The van der Waals surface area contributed by atoms with E-state index in [1.807, 2.05) is 36.2 Å². The van der Waals surface area contributed by atoms with Gasteiger partial charge in [-0.2, -0.15) is 11.8 Å². The highest BCUT2D eigenvalue weighted by molar-refractivity contribution is 7.98. The van der Waals surface area contributed by atoms with Gasteiger partial charge in [-0.05, 0) is 49.2 Å². The quantitative estimate of drug-likeness (QED) is 0.522. The third kappa shape index (κ3) is 3.97. The molecule has 0 saturated heterocycles. The fourth-order valence-corrected chi connectivity index (χ4v) is 4.60. The average molecular weight is 392 g/mol. The normalized spacial score (nSPS) is 14.8. The van der Waals surface area contributed by atoms with Gasteiger partial charge in [0.15, 0.2) is 0 Å². The van der Waals surface area contributed by atoms with E-state index in [-0.39, 0.29) is 5.54 Å². The third-order valence-corrected chi connectivity index (χ3v) is 5.93. The second kappa shape index (κ2) is 7.80. The fraction of sp³-hybridized carbons (Fsp3) is 0.250. The summed E-state index contributed by atoms with van der Waals surface area (Å²) in [5, 5.41) is 3.65. The molecular weight excluding hydrogens is 366 g/mol. The topological polar surface area (TPSA) is 34.4 Å². The van der Waals surface area contributed by atoms with Gasteiger partial charge in [0.25, 0.3) is 0 Å². The summed E-state index contributed by atoms with van der Waals surface area (Å²) in [6.45, 7) is 4.43. The maximum atomic E-state index is 5.57. The molecular formula is C24H25NO2S. The van der Waals surface area contributed by atoms with E-state index in [0.717, 1.165) is 22.8 Å². The van der Waals surface area contributed by atoms with E-state index >= 15 is 0 Å². The predicted molar refractivity (Wildman–Crippen MR) is 119 cm³/mol. The molecule has 3 aromatic rings. The number of thioether (sulfide) groups is 1. The second-order valence-electron chi connectivity index (χ2n) is 7.60. The van der Waals surface area contributed by atoms with Crippen LogP contribution in [0.5, 0.6) is 5.75 Å². The van der Waals surface area contributed by atoms with Gasteiger partial charge in [0, 0.05) is 33.9 Å². The van der Waals surface area contributed by atoms with E-state index in [1.54, 1.807) is 13.4 Å². The number of fused-ring (bicyclic) bond motifs is 1. The van der Waals surface area contributed by atoms with E-state index in [9.17, 15) is 0 Å². The molecule has 1 aliphatic rings. The highest BCUT2D eigenvalue weighted by Crippen LogP contribution is 2.39. The summed E-state index contributed by atoms with van der Waals surface area (Å²) in [4.78, 5) is 0. The first kappa shape index (κ1) is 18.8. The number of methoxy groups -OCH3 is 1. The highest BCUT2D eigenvalue weighted by atomic mass is 32.2. The Balaban J connectivity index is 1.65. The molecule has 0 spiro atoms. The first-order chi connectivity index (χ1) is 13.6. The van der Waals surface area contributed by atoms with Gasteiger partial charge in [-0.3, -0.25) is 0 Å². The largest absolute Gasteiger partial charge is 0.496 e. The van der Waals surface area contributed by atoms with Crippen molar-refractivity contribution in [1.29, 1.82) is 0 Å². The van der Waals surface area contributed by atoms with Crippen LogP contribution in [0, 0.1) is 0 Å². The van der Waals surface area contributed by atoms with Crippen LogP contribution in [-0.2, 0) is 5.75 Å². The van der Waals surface area contributed by atoms with Gasteiger partial charge in [0.2, 0.25) is 0 Å². The molecule has 0 saturated carbocycles. The van der Waals surface area contributed by atoms with E-state index in [2.05, 4.69) is 55.6 Å². The monoisotopic (exact) mass is 391 g/mol. The molecule has 0 aliphatic carbocycles. The summed E-state index contributed by atoms with van der Waals surface area (Å²) in [6.07, 6.45) is 5.91. The molecule has 1 N–H and O–H groups in total. The third-order valence-electron chi connectivity index (χ3n) is 4.88. The SMILES string of the molecule is COc1ccccc1-c1ccc2c(c1)C(CSCc1ccoc1)=CC(C)(C)N2. The van der Waals surface area contributed by atoms with E-state index in [1.165, 1.54) is 28.0 Å². The van der Waals surface area contributed by atoms with Gasteiger partial charge in [-0.15, -0.1) is 0 Å². The highest BCUT2D eigenvalue weighted by Gasteiger charge is 2.24. The lowest BCUT2D eigenvalue weighted by molar-refractivity contribution is 0.416. The van der Waals surface area contributed by atoms with Crippen molar-refractivity contribution in [3.63, 3.8) is 0 Å². The van der Waals surface area contributed by atoms with Crippen LogP contribution < -0.4 is 10.1 Å². The van der Waals surface area contributed by atoms with Gasteiger partial charge >= 0.3 is 0 Å². The number of para-hydroxylation sites is 1.